The van der Waals surface area contributed by atoms with Crippen LogP contribution in [0.5, 0.6) is 0 Å². The van der Waals surface area contributed by atoms with Crippen LogP contribution in [0.25, 0.3) is 0 Å². The van der Waals surface area contributed by atoms with Gasteiger partial charge in [0.05, 0.1) is 0 Å². The van der Waals surface area contributed by atoms with Gasteiger partial charge in [0.15, 0.2) is 0 Å². The van der Waals surface area contributed by atoms with Crippen molar-refractivity contribution < 1.29 is 10.0 Å². The van der Waals surface area contributed by atoms with Crippen molar-refractivity contribution in [2.45, 2.75) is 6.42 Å². The zero-order valence-corrected chi connectivity index (χ0v) is 7.38. The quantitative estimate of drug-likeness (QED) is 0.508. The first-order chi connectivity index (χ1) is 6.22. The average molecular weight is 196 g/mol. The number of benzene rings is 1. The Morgan fingerprint density at radius 1 is 1.46 bits per heavy atom. The highest BCUT2D eigenvalue weighted by molar-refractivity contribution is 6.49. The molecule has 1 aromatic rings. The molecule has 0 aliphatic heterocycles. The maximum atomic E-state index is 11.4. The van der Waals surface area contributed by atoms with Crippen LogP contribution < -0.4 is 0 Å². The molecule has 3 nitrogen and oxygen atoms in total. The van der Waals surface area contributed by atoms with Crippen LogP contribution in [0, 0.1) is 0 Å². The molecular weight excluding hydrogens is 190 g/mol. The molecule has 66 valence electrons. The lowest BCUT2D eigenvalue weighted by Gasteiger charge is -1.94. The zero-order chi connectivity index (χ0) is 9.42. The van der Waals surface area contributed by atoms with Crippen molar-refractivity contribution in [2.75, 3.05) is 0 Å². The van der Waals surface area contributed by atoms with Crippen LogP contribution >= 0.6 is 11.6 Å². The van der Waals surface area contributed by atoms with Crippen LogP contribution in [-0.4, -0.2) is 16.7 Å². The zero-order valence-electron chi connectivity index (χ0n) is 6.62. The van der Waals surface area contributed by atoms with Crippen molar-refractivity contribution in [3.63, 3.8) is 0 Å². The Labute approximate surface area is 79.6 Å². The van der Waals surface area contributed by atoms with Crippen LogP contribution in [0.15, 0.2) is 23.4 Å². The smallest absolute Gasteiger partial charge is 0.211 e. The second-order valence-electron chi connectivity index (χ2n) is 2.85. The molecule has 1 aromatic carbocycles. The summed E-state index contributed by atoms with van der Waals surface area (Å²) in [6.07, 6.45) is 0.366. The number of hydrogen-bond acceptors (Lipinski definition) is 3. The van der Waals surface area contributed by atoms with Crippen LogP contribution in [0.2, 0.25) is 5.02 Å². The molecule has 0 saturated heterocycles. The number of carbonyl (C=O) groups excluding carboxylic acids is 1. The van der Waals surface area contributed by atoms with Gasteiger partial charge in [0, 0.05) is 17.0 Å². The maximum absolute atomic E-state index is 11.4. The van der Waals surface area contributed by atoms with Gasteiger partial charge in [-0.3, -0.25) is 4.79 Å². The molecule has 0 amide bonds. The van der Waals surface area contributed by atoms with Gasteiger partial charge in [0.25, 0.3) is 0 Å². The summed E-state index contributed by atoms with van der Waals surface area (Å²) < 4.78 is 0. The van der Waals surface area contributed by atoms with Crippen LogP contribution in [-0.2, 0) is 6.42 Å². The Hall–Kier alpha value is -1.35. The van der Waals surface area contributed by atoms with Crippen LogP contribution in [0.1, 0.15) is 15.9 Å². The largest absolute Gasteiger partial charge is 0.411 e. The summed E-state index contributed by atoms with van der Waals surface area (Å²) in [6, 6.07) is 5.02. The molecule has 1 aliphatic carbocycles. The summed E-state index contributed by atoms with van der Waals surface area (Å²) in [5, 5.41) is 12.0. The van der Waals surface area contributed by atoms with E-state index >= 15 is 0 Å². The standard InChI is InChI=1S/C9H6ClNO2/c10-6-1-2-7-5(3-6)4-8(11-13)9(7)12/h1-3,13H,4H2/b11-8-. The van der Waals surface area contributed by atoms with Gasteiger partial charge < -0.3 is 5.21 Å². The summed E-state index contributed by atoms with van der Waals surface area (Å²) >= 11 is 5.75. The summed E-state index contributed by atoms with van der Waals surface area (Å²) in [5.74, 6) is -0.214. The molecule has 0 aromatic heterocycles. The van der Waals surface area contributed by atoms with E-state index in [9.17, 15) is 4.79 Å². The Balaban J connectivity index is 2.56. The second kappa shape index (κ2) is 2.85. The Morgan fingerprint density at radius 3 is 2.92 bits per heavy atom. The first-order valence-electron chi connectivity index (χ1n) is 3.76. The van der Waals surface area contributed by atoms with Gasteiger partial charge in [-0.2, -0.15) is 0 Å². The monoisotopic (exact) mass is 195 g/mol. The minimum absolute atomic E-state index is 0.178. The molecule has 0 fully saturated rings. The highest BCUT2D eigenvalue weighted by Gasteiger charge is 2.26. The van der Waals surface area contributed by atoms with Gasteiger partial charge in [0.1, 0.15) is 5.71 Å². The third-order valence-electron chi connectivity index (χ3n) is 2.05. The molecule has 1 N–H and O–H groups in total. The predicted molar refractivity (Wildman–Crippen MR) is 48.7 cm³/mol. The molecule has 13 heavy (non-hydrogen) atoms. The number of ketones is 1. The minimum Gasteiger partial charge on any atom is -0.411 e. The van der Waals surface area contributed by atoms with E-state index in [0.717, 1.165) is 5.56 Å². The summed E-state index contributed by atoms with van der Waals surface area (Å²) in [4.78, 5) is 11.4. The van der Waals surface area contributed by atoms with Gasteiger partial charge in [-0.05, 0) is 23.8 Å². The molecule has 0 unspecified atom stereocenters. The second-order valence-corrected chi connectivity index (χ2v) is 3.29. The van der Waals surface area contributed by atoms with Crippen molar-refractivity contribution >= 4 is 23.1 Å². The average Bonchev–Trinajstić information content (AvgIpc) is 2.42. The number of fused-ring (bicyclic) bond motifs is 1. The molecule has 0 heterocycles. The van der Waals surface area contributed by atoms with Gasteiger partial charge in [-0.15, -0.1) is 0 Å². The number of halogens is 1. The van der Waals surface area contributed by atoms with E-state index in [2.05, 4.69) is 5.16 Å². The lowest BCUT2D eigenvalue weighted by molar-refractivity contribution is 0.106. The third kappa shape index (κ3) is 1.21. The molecule has 0 spiro atoms. The van der Waals surface area contributed by atoms with Gasteiger partial charge >= 0.3 is 0 Å². The van der Waals surface area contributed by atoms with Crippen molar-refractivity contribution in [3.05, 3.63) is 34.3 Å². The first-order valence-corrected chi connectivity index (χ1v) is 4.14. The Bertz CT molecular complexity index is 412. The lowest BCUT2D eigenvalue weighted by Crippen LogP contribution is -2.06. The molecule has 2 rings (SSSR count). The lowest BCUT2D eigenvalue weighted by atomic mass is 10.1. The number of hydrogen-bond donors (Lipinski definition) is 1. The summed E-state index contributed by atoms with van der Waals surface area (Å²) in [7, 11) is 0. The molecule has 4 heteroatoms. The van der Waals surface area contributed by atoms with Gasteiger partial charge in [0.2, 0.25) is 5.78 Å². The fourth-order valence-electron chi connectivity index (χ4n) is 1.43. The highest BCUT2D eigenvalue weighted by Crippen LogP contribution is 2.23. The summed E-state index contributed by atoms with van der Waals surface area (Å²) in [5.41, 5.74) is 1.58. The normalized spacial score (nSPS) is 17.9. The molecule has 0 radical (unpaired) electrons. The van der Waals surface area contributed by atoms with E-state index in [1.54, 1.807) is 18.2 Å². The Morgan fingerprint density at radius 2 is 2.23 bits per heavy atom. The molecular formula is C9H6ClNO2. The van der Waals surface area contributed by atoms with Gasteiger partial charge in [-0.25, -0.2) is 0 Å². The third-order valence-corrected chi connectivity index (χ3v) is 2.29. The number of carbonyl (C=O) groups is 1. The number of oxime groups is 1. The fraction of sp³-hybridized carbons (Fsp3) is 0.111. The molecule has 0 saturated carbocycles. The topological polar surface area (TPSA) is 49.7 Å². The molecule has 0 bridgehead atoms. The van der Waals surface area contributed by atoms with Crippen LogP contribution in [0.3, 0.4) is 0 Å². The predicted octanol–water partition coefficient (Wildman–Crippen LogP) is 1.91. The van der Waals surface area contributed by atoms with E-state index in [4.69, 9.17) is 16.8 Å². The van der Waals surface area contributed by atoms with Crippen molar-refractivity contribution in [1.29, 1.82) is 0 Å². The highest BCUT2D eigenvalue weighted by atomic mass is 35.5. The van der Waals surface area contributed by atoms with E-state index in [0.29, 0.717) is 17.0 Å². The number of rotatable bonds is 0. The Kier molecular flexibility index (Phi) is 1.81. The maximum Gasteiger partial charge on any atom is 0.211 e. The van der Waals surface area contributed by atoms with E-state index in [-0.39, 0.29) is 11.5 Å². The number of Topliss-reactive ketones (excluding diaryl/α,β-unsaturated/α-hetero) is 1. The van der Waals surface area contributed by atoms with Crippen LogP contribution in [0.4, 0.5) is 0 Å². The molecule has 1 aliphatic rings. The first kappa shape index (κ1) is 8.26. The summed E-state index contributed by atoms with van der Waals surface area (Å²) in [6.45, 7) is 0. The minimum atomic E-state index is -0.214. The van der Waals surface area contributed by atoms with Crippen molar-refractivity contribution in [3.8, 4) is 0 Å². The number of nitrogens with zero attached hydrogens (tertiary/aromatic N) is 1. The van der Waals surface area contributed by atoms with Crippen molar-refractivity contribution in [1.82, 2.24) is 0 Å². The molecule has 0 atom stereocenters. The van der Waals surface area contributed by atoms with Crippen molar-refractivity contribution in [2.24, 2.45) is 5.16 Å². The van der Waals surface area contributed by atoms with E-state index < -0.39 is 0 Å². The van der Waals surface area contributed by atoms with Gasteiger partial charge in [-0.1, -0.05) is 16.8 Å². The van der Waals surface area contributed by atoms with E-state index in [1.807, 2.05) is 0 Å². The SMILES string of the molecule is O=C1/C(=N\O)Cc2cc(Cl)ccc21. The van der Waals surface area contributed by atoms with E-state index in [1.165, 1.54) is 0 Å². The fourth-order valence-corrected chi connectivity index (χ4v) is 1.62.